The molecule has 0 fully saturated rings. The smallest absolute Gasteiger partial charge is 0.145 e. The Labute approximate surface area is 132 Å². The highest BCUT2D eigenvalue weighted by Crippen LogP contribution is 2.36. The largest absolute Gasteiger partial charge is 0.364 e. The first kappa shape index (κ1) is 12.4. The summed E-state index contributed by atoms with van der Waals surface area (Å²) in [5.41, 5.74) is 5.16. The second-order valence-corrected chi connectivity index (χ2v) is 5.69. The van der Waals surface area contributed by atoms with Gasteiger partial charge in [0.15, 0.2) is 0 Å². The molecule has 0 N–H and O–H groups in total. The van der Waals surface area contributed by atoms with Gasteiger partial charge in [0, 0.05) is 39.7 Å². The Hall–Kier alpha value is -3.14. The number of para-hydroxylation sites is 1. The van der Waals surface area contributed by atoms with Crippen LogP contribution in [-0.2, 0) is 0 Å². The molecule has 110 valence electrons. The fourth-order valence-electron chi connectivity index (χ4n) is 3.40. The van der Waals surface area contributed by atoms with Crippen molar-refractivity contribution in [2.75, 3.05) is 0 Å². The lowest BCUT2D eigenvalue weighted by atomic mass is 9.98. The van der Waals surface area contributed by atoms with E-state index in [0.717, 1.165) is 38.9 Å². The lowest BCUT2D eigenvalue weighted by molar-refractivity contribution is 0.422. The molecule has 0 aliphatic rings. The number of pyridine rings is 1. The average Bonchev–Trinajstić information content (AvgIpc) is 3.25. The number of benzene rings is 2. The van der Waals surface area contributed by atoms with Gasteiger partial charge in [0.2, 0.25) is 0 Å². The molecule has 0 atom stereocenters. The predicted octanol–water partition coefficient (Wildman–Crippen LogP) is 4.60. The van der Waals surface area contributed by atoms with Crippen molar-refractivity contribution in [1.29, 1.82) is 0 Å². The third-order valence-corrected chi connectivity index (χ3v) is 4.37. The van der Waals surface area contributed by atoms with Gasteiger partial charge in [0.1, 0.15) is 17.6 Å². The van der Waals surface area contributed by atoms with E-state index in [9.17, 15) is 0 Å². The quantitative estimate of drug-likeness (QED) is 0.425. The zero-order valence-electron chi connectivity index (χ0n) is 12.5. The van der Waals surface area contributed by atoms with Gasteiger partial charge >= 0.3 is 0 Å². The Bertz CT molecular complexity index is 1170. The predicted molar refractivity (Wildman–Crippen MR) is 90.4 cm³/mol. The van der Waals surface area contributed by atoms with Crippen molar-refractivity contribution in [2.45, 2.75) is 6.92 Å². The highest BCUT2D eigenvalue weighted by molar-refractivity contribution is 6.17. The summed E-state index contributed by atoms with van der Waals surface area (Å²) in [6.07, 6.45) is 3.53. The summed E-state index contributed by atoms with van der Waals surface area (Å²) in [5, 5.41) is 7.60. The van der Waals surface area contributed by atoms with E-state index in [1.807, 2.05) is 18.3 Å². The van der Waals surface area contributed by atoms with E-state index in [0.29, 0.717) is 0 Å². The second kappa shape index (κ2) is 4.43. The van der Waals surface area contributed by atoms with Crippen LogP contribution in [0.3, 0.4) is 0 Å². The van der Waals surface area contributed by atoms with E-state index >= 15 is 0 Å². The Kier molecular flexibility index (Phi) is 2.39. The number of rotatable bonds is 1. The molecule has 0 bridgehead atoms. The molecule has 2 aromatic carbocycles. The number of fused-ring (bicyclic) bond motifs is 6. The molecule has 4 nitrogen and oxygen atoms in total. The number of imidazole rings is 1. The minimum Gasteiger partial charge on any atom is -0.364 e. The average molecular weight is 299 g/mol. The molecule has 0 spiro atoms. The van der Waals surface area contributed by atoms with Gasteiger partial charge in [-0.1, -0.05) is 41.6 Å². The molecule has 0 aliphatic carbocycles. The molecule has 5 rings (SSSR count). The van der Waals surface area contributed by atoms with Gasteiger partial charge in [-0.15, -0.1) is 0 Å². The topological polar surface area (TPSA) is 43.3 Å². The standard InChI is InChI=1S/C19H13N3O/c1-12-11-20-19-15-7-4-6-13(16-9-10-23-21-16)18(15)14-5-2-3-8-17(14)22(12)19/h2-11H,1H3. The highest BCUT2D eigenvalue weighted by atomic mass is 16.5. The van der Waals surface area contributed by atoms with Crippen LogP contribution in [0.5, 0.6) is 0 Å². The number of aromatic nitrogens is 3. The zero-order chi connectivity index (χ0) is 15.4. The normalized spacial score (nSPS) is 11.7. The van der Waals surface area contributed by atoms with Crippen molar-refractivity contribution in [3.8, 4) is 11.3 Å². The summed E-state index contributed by atoms with van der Waals surface area (Å²) in [6.45, 7) is 2.08. The van der Waals surface area contributed by atoms with Crippen molar-refractivity contribution in [2.24, 2.45) is 0 Å². The van der Waals surface area contributed by atoms with Gasteiger partial charge in [-0.2, -0.15) is 0 Å². The third-order valence-electron chi connectivity index (χ3n) is 4.37. The second-order valence-electron chi connectivity index (χ2n) is 5.69. The fourth-order valence-corrected chi connectivity index (χ4v) is 3.40. The maximum atomic E-state index is 5.05. The molecule has 3 aromatic heterocycles. The van der Waals surface area contributed by atoms with E-state index in [1.54, 1.807) is 6.26 Å². The number of hydrogen-bond donors (Lipinski definition) is 0. The van der Waals surface area contributed by atoms with E-state index in [-0.39, 0.29) is 0 Å². The highest BCUT2D eigenvalue weighted by Gasteiger charge is 2.15. The molecule has 0 saturated carbocycles. The number of hydrogen-bond acceptors (Lipinski definition) is 3. The van der Waals surface area contributed by atoms with Crippen LogP contribution in [0, 0.1) is 6.92 Å². The molecular weight excluding hydrogens is 286 g/mol. The molecule has 23 heavy (non-hydrogen) atoms. The van der Waals surface area contributed by atoms with Crippen molar-refractivity contribution in [1.82, 2.24) is 14.5 Å². The third kappa shape index (κ3) is 1.60. The van der Waals surface area contributed by atoms with Crippen LogP contribution in [0.25, 0.3) is 38.6 Å². The summed E-state index contributed by atoms with van der Waals surface area (Å²) < 4.78 is 7.26. The van der Waals surface area contributed by atoms with Crippen LogP contribution < -0.4 is 0 Å². The van der Waals surface area contributed by atoms with E-state index in [1.165, 1.54) is 5.39 Å². The molecule has 0 unspecified atom stereocenters. The Morgan fingerprint density at radius 2 is 1.83 bits per heavy atom. The lowest BCUT2D eigenvalue weighted by Gasteiger charge is -2.12. The van der Waals surface area contributed by atoms with Crippen LogP contribution in [0.4, 0.5) is 0 Å². The van der Waals surface area contributed by atoms with Gasteiger partial charge in [-0.05, 0) is 13.0 Å². The molecule has 4 heteroatoms. The molecule has 3 heterocycles. The first-order valence-corrected chi connectivity index (χ1v) is 7.53. The van der Waals surface area contributed by atoms with Crippen LogP contribution in [0.1, 0.15) is 5.69 Å². The molecule has 0 amide bonds. The SMILES string of the molecule is Cc1cnc2c3cccc(-c4ccon4)c3c3ccccc3n12. The Morgan fingerprint density at radius 1 is 0.957 bits per heavy atom. The van der Waals surface area contributed by atoms with Gasteiger partial charge < -0.3 is 4.52 Å². The van der Waals surface area contributed by atoms with E-state index in [4.69, 9.17) is 4.52 Å². The summed E-state index contributed by atoms with van der Waals surface area (Å²) in [6, 6.07) is 16.6. The first-order chi connectivity index (χ1) is 11.3. The number of aryl methyl sites for hydroxylation is 1. The van der Waals surface area contributed by atoms with Gasteiger partial charge in [0.05, 0.1) is 5.52 Å². The molecule has 0 saturated heterocycles. The van der Waals surface area contributed by atoms with Crippen LogP contribution >= 0.6 is 0 Å². The maximum absolute atomic E-state index is 5.05. The first-order valence-electron chi connectivity index (χ1n) is 7.53. The van der Waals surface area contributed by atoms with Gasteiger partial charge in [0.25, 0.3) is 0 Å². The van der Waals surface area contributed by atoms with Crippen LogP contribution in [0.2, 0.25) is 0 Å². The summed E-state index contributed by atoms with van der Waals surface area (Å²) in [4.78, 5) is 4.64. The Balaban J connectivity index is 2.13. The summed E-state index contributed by atoms with van der Waals surface area (Å²) >= 11 is 0. The lowest BCUT2D eigenvalue weighted by Crippen LogP contribution is -1.94. The monoisotopic (exact) mass is 299 g/mol. The van der Waals surface area contributed by atoms with Gasteiger partial charge in [-0.25, -0.2) is 4.98 Å². The van der Waals surface area contributed by atoms with Crippen LogP contribution in [-0.4, -0.2) is 14.5 Å². The fraction of sp³-hybridized carbons (Fsp3) is 0.0526. The van der Waals surface area contributed by atoms with Crippen molar-refractivity contribution in [3.63, 3.8) is 0 Å². The van der Waals surface area contributed by atoms with E-state index < -0.39 is 0 Å². The van der Waals surface area contributed by atoms with Crippen molar-refractivity contribution < 1.29 is 4.52 Å². The zero-order valence-corrected chi connectivity index (χ0v) is 12.5. The molecule has 0 aliphatic heterocycles. The summed E-state index contributed by atoms with van der Waals surface area (Å²) in [5.74, 6) is 0. The van der Waals surface area contributed by atoms with Gasteiger partial charge in [-0.3, -0.25) is 4.40 Å². The molecular formula is C19H13N3O. The van der Waals surface area contributed by atoms with E-state index in [2.05, 4.69) is 57.9 Å². The number of nitrogens with zero attached hydrogens (tertiary/aromatic N) is 3. The van der Waals surface area contributed by atoms with Crippen LogP contribution in [0.15, 0.2) is 65.5 Å². The Morgan fingerprint density at radius 3 is 2.70 bits per heavy atom. The molecule has 5 aromatic rings. The van der Waals surface area contributed by atoms with Crippen molar-refractivity contribution >= 4 is 27.3 Å². The maximum Gasteiger partial charge on any atom is 0.145 e. The minimum atomic E-state index is 0.841. The van der Waals surface area contributed by atoms with Crippen molar-refractivity contribution in [3.05, 3.63) is 66.7 Å². The minimum absolute atomic E-state index is 0.841. The molecule has 0 radical (unpaired) electrons. The summed E-state index contributed by atoms with van der Waals surface area (Å²) in [7, 11) is 0.